The van der Waals surface area contributed by atoms with E-state index in [1.807, 2.05) is 73.7 Å². The fourth-order valence-electron chi connectivity index (χ4n) is 3.14. The zero-order valence-corrected chi connectivity index (χ0v) is 15.4. The third-order valence-corrected chi connectivity index (χ3v) is 4.71. The van der Waals surface area contributed by atoms with Crippen LogP contribution in [0, 0.1) is 6.92 Å². The van der Waals surface area contributed by atoms with Gasteiger partial charge < -0.3 is 10.3 Å². The number of fused-ring (bicyclic) bond motifs is 1. The van der Waals surface area contributed by atoms with Crippen LogP contribution in [-0.2, 0) is 0 Å². The second-order valence-corrected chi connectivity index (χ2v) is 6.79. The van der Waals surface area contributed by atoms with Gasteiger partial charge in [-0.05, 0) is 49.2 Å². The zero-order chi connectivity index (χ0) is 18.8. The fraction of sp³-hybridized carbons (Fsp3) is 0.130. The Labute approximate surface area is 158 Å². The lowest BCUT2D eigenvalue weighted by Gasteiger charge is -2.14. The maximum atomic E-state index is 12.5. The molecule has 1 amide bonds. The molecule has 4 aromatic rings. The number of hydrogen-bond acceptors (Lipinski definition) is 2. The molecule has 4 heteroatoms. The Kier molecular flexibility index (Phi) is 4.47. The van der Waals surface area contributed by atoms with Gasteiger partial charge in [0.15, 0.2) is 0 Å². The van der Waals surface area contributed by atoms with Gasteiger partial charge in [-0.15, -0.1) is 0 Å². The lowest BCUT2D eigenvalue weighted by Crippen LogP contribution is -2.26. The number of hydrogen-bond donors (Lipinski definition) is 2. The van der Waals surface area contributed by atoms with Gasteiger partial charge in [0.05, 0.1) is 17.1 Å². The van der Waals surface area contributed by atoms with Crippen molar-refractivity contribution in [2.24, 2.45) is 0 Å². The van der Waals surface area contributed by atoms with Crippen molar-refractivity contribution in [2.75, 3.05) is 0 Å². The lowest BCUT2D eigenvalue weighted by atomic mass is 10.1. The van der Waals surface area contributed by atoms with Gasteiger partial charge in [-0.1, -0.05) is 48.5 Å². The number of aromatic amines is 1. The van der Waals surface area contributed by atoms with E-state index in [1.54, 1.807) is 0 Å². The summed E-state index contributed by atoms with van der Waals surface area (Å²) in [5.74, 6) is 0.721. The number of benzene rings is 3. The summed E-state index contributed by atoms with van der Waals surface area (Å²) in [6, 6.07) is 23.6. The van der Waals surface area contributed by atoms with E-state index in [9.17, 15) is 4.79 Å². The minimum atomic E-state index is -0.0851. The van der Waals surface area contributed by atoms with E-state index in [-0.39, 0.29) is 11.9 Å². The quantitative estimate of drug-likeness (QED) is 0.539. The number of aromatic nitrogens is 2. The SMILES string of the molecule is Cc1ccc2nc(-c3ccc(C(=O)N[C@H](C)c4ccccc4)cc3)[nH]c2c1. The summed E-state index contributed by atoms with van der Waals surface area (Å²) in [4.78, 5) is 20.5. The number of rotatable bonds is 4. The summed E-state index contributed by atoms with van der Waals surface area (Å²) < 4.78 is 0. The molecule has 2 N–H and O–H groups in total. The van der Waals surface area contributed by atoms with Gasteiger partial charge in [0.1, 0.15) is 5.82 Å². The third-order valence-electron chi connectivity index (χ3n) is 4.71. The fourth-order valence-corrected chi connectivity index (χ4v) is 3.14. The zero-order valence-electron chi connectivity index (χ0n) is 15.4. The van der Waals surface area contributed by atoms with E-state index in [4.69, 9.17) is 0 Å². The second kappa shape index (κ2) is 7.08. The molecule has 4 rings (SSSR count). The molecule has 0 unspecified atom stereocenters. The van der Waals surface area contributed by atoms with E-state index in [0.717, 1.165) is 28.0 Å². The molecule has 3 aromatic carbocycles. The van der Waals surface area contributed by atoms with Gasteiger partial charge in [-0.25, -0.2) is 4.98 Å². The molecule has 0 saturated carbocycles. The lowest BCUT2D eigenvalue weighted by molar-refractivity contribution is 0.0940. The molecule has 1 atom stereocenters. The standard InChI is InChI=1S/C23H21N3O/c1-15-8-13-20-21(14-15)26-22(25-20)18-9-11-19(12-10-18)23(27)24-16(2)17-6-4-3-5-7-17/h3-14,16H,1-2H3,(H,24,27)(H,25,26)/t16-/m1/s1. The van der Waals surface area contributed by atoms with Crippen LogP contribution in [0.25, 0.3) is 22.4 Å². The number of nitrogens with zero attached hydrogens (tertiary/aromatic N) is 1. The molecule has 1 aromatic heterocycles. The summed E-state index contributed by atoms with van der Waals surface area (Å²) in [6.07, 6.45) is 0. The average molecular weight is 355 g/mol. The number of carbonyl (C=O) groups excluding carboxylic acids is 1. The van der Waals surface area contributed by atoms with Gasteiger partial charge in [0.2, 0.25) is 0 Å². The Balaban J connectivity index is 1.51. The highest BCUT2D eigenvalue weighted by Crippen LogP contribution is 2.22. The van der Waals surface area contributed by atoms with Crippen molar-refractivity contribution in [2.45, 2.75) is 19.9 Å². The highest BCUT2D eigenvalue weighted by molar-refractivity contribution is 5.95. The average Bonchev–Trinajstić information content (AvgIpc) is 3.12. The van der Waals surface area contributed by atoms with Gasteiger partial charge >= 0.3 is 0 Å². The largest absolute Gasteiger partial charge is 0.346 e. The van der Waals surface area contributed by atoms with E-state index < -0.39 is 0 Å². The van der Waals surface area contributed by atoms with Crippen LogP contribution in [0.3, 0.4) is 0 Å². The molecule has 0 saturated heterocycles. The Hall–Kier alpha value is -3.40. The molecule has 134 valence electrons. The van der Waals surface area contributed by atoms with Crippen molar-refractivity contribution in [3.63, 3.8) is 0 Å². The molecule has 0 spiro atoms. The summed E-state index contributed by atoms with van der Waals surface area (Å²) >= 11 is 0. The first kappa shape index (κ1) is 17.0. The first-order valence-electron chi connectivity index (χ1n) is 9.03. The van der Waals surface area contributed by atoms with Crippen molar-refractivity contribution < 1.29 is 4.79 Å². The van der Waals surface area contributed by atoms with Crippen LogP contribution < -0.4 is 5.32 Å². The van der Waals surface area contributed by atoms with Gasteiger partial charge in [0.25, 0.3) is 5.91 Å². The Bertz CT molecular complexity index is 1080. The van der Waals surface area contributed by atoms with Crippen LogP contribution >= 0.6 is 0 Å². The molecule has 0 aliphatic rings. The molecule has 0 fully saturated rings. The van der Waals surface area contributed by atoms with Crippen LogP contribution in [0.2, 0.25) is 0 Å². The topological polar surface area (TPSA) is 57.8 Å². The van der Waals surface area contributed by atoms with Gasteiger partial charge in [-0.3, -0.25) is 4.79 Å². The number of nitrogens with one attached hydrogen (secondary N) is 2. The molecule has 0 bridgehead atoms. The van der Waals surface area contributed by atoms with E-state index >= 15 is 0 Å². The second-order valence-electron chi connectivity index (χ2n) is 6.79. The van der Waals surface area contributed by atoms with Crippen LogP contribution in [0.1, 0.15) is 34.5 Å². The number of carbonyl (C=O) groups is 1. The highest BCUT2D eigenvalue weighted by Gasteiger charge is 2.12. The highest BCUT2D eigenvalue weighted by atomic mass is 16.1. The summed E-state index contributed by atoms with van der Waals surface area (Å²) in [5, 5.41) is 3.04. The van der Waals surface area contributed by atoms with Crippen molar-refractivity contribution in [1.82, 2.24) is 15.3 Å². The number of aryl methyl sites for hydroxylation is 1. The van der Waals surface area contributed by atoms with E-state index in [0.29, 0.717) is 5.56 Å². The van der Waals surface area contributed by atoms with Crippen molar-refractivity contribution in [3.05, 3.63) is 89.5 Å². The molecule has 27 heavy (non-hydrogen) atoms. The minimum Gasteiger partial charge on any atom is -0.346 e. The predicted octanol–water partition coefficient (Wildman–Crippen LogP) is 5.03. The molecule has 4 nitrogen and oxygen atoms in total. The maximum absolute atomic E-state index is 12.5. The normalized spacial score (nSPS) is 12.1. The summed E-state index contributed by atoms with van der Waals surface area (Å²) in [5.41, 5.74) is 5.82. The molecular weight excluding hydrogens is 334 g/mol. The summed E-state index contributed by atoms with van der Waals surface area (Å²) in [6.45, 7) is 4.04. The first-order chi connectivity index (χ1) is 13.1. The monoisotopic (exact) mass is 355 g/mol. The van der Waals surface area contributed by atoms with Gasteiger partial charge in [0, 0.05) is 11.1 Å². The molecular formula is C23H21N3O. The Morgan fingerprint density at radius 1 is 1.00 bits per heavy atom. The predicted molar refractivity (Wildman–Crippen MR) is 109 cm³/mol. The third kappa shape index (κ3) is 3.60. The Morgan fingerprint density at radius 3 is 2.48 bits per heavy atom. The smallest absolute Gasteiger partial charge is 0.251 e. The van der Waals surface area contributed by atoms with Gasteiger partial charge in [-0.2, -0.15) is 0 Å². The molecule has 0 aliphatic carbocycles. The molecule has 1 heterocycles. The minimum absolute atomic E-state index is 0.0445. The maximum Gasteiger partial charge on any atom is 0.251 e. The summed E-state index contributed by atoms with van der Waals surface area (Å²) in [7, 11) is 0. The molecule has 0 radical (unpaired) electrons. The van der Waals surface area contributed by atoms with Crippen LogP contribution in [0.15, 0.2) is 72.8 Å². The van der Waals surface area contributed by atoms with E-state index in [2.05, 4.69) is 28.3 Å². The van der Waals surface area contributed by atoms with E-state index in [1.165, 1.54) is 5.56 Å². The van der Waals surface area contributed by atoms with Crippen LogP contribution in [-0.4, -0.2) is 15.9 Å². The number of H-pyrrole nitrogens is 1. The van der Waals surface area contributed by atoms with Crippen molar-refractivity contribution >= 4 is 16.9 Å². The van der Waals surface area contributed by atoms with Crippen molar-refractivity contribution in [3.8, 4) is 11.4 Å². The Morgan fingerprint density at radius 2 is 1.74 bits per heavy atom. The van der Waals surface area contributed by atoms with Crippen molar-refractivity contribution in [1.29, 1.82) is 0 Å². The van der Waals surface area contributed by atoms with Crippen LogP contribution in [0.4, 0.5) is 0 Å². The number of imidazole rings is 1. The number of amides is 1. The first-order valence-corrected chi connectivity index (χ1v) is 9.03. The van der Waals surface area contributed by atoms with Crippen LogP contribution in [0.5, 0.6) is 0 Å². The molecule has 0 aliphatic heterocycles.